The van der Waals surface area contributed by atoms with Crippen molar-refractivity contribution >= 4 is 17.8 Å². The van der Waals surface area contributed by atoms with Gasteiger partial charge in [-0.3, -0.25) is 5.01 Å². The van der Waals surface area contributed by atoms with Gasteiger partial charge in [0.05, 0.1) is 24.3 Å². The van der Waals surface area contributed by atoms with Crippen LogP contribution in [0.25, 0.3) is 0 Å². The molecule has 0 aliphatic rings. The monoisotopic (exact) mass is 366 g/mol. The standard InChI is InChI=1S/C21H19ClN2O2/c22-19-11-18(12-20(25)21(19)26)13-23-24(14-16-7-3-1-4-8-16)15-17-9-5-2-6-10-17/h1-13,25-26H,14-15H2/b23-13+. The van der Waals surface area contributed by atoms with Crippen molar-refractivity contribution < 1.29 is 10.2 Å². The summed E-state index contributed by atoms with van der Waals surface area (Å²) in [6.07, 6.45) is 1.62. The number of hydrogen-bond donors (Lipinski definition) is 2. The minimum Gasteiger partial charge on any atom is -0.504 e. The predicted octanol–water partition coefficient (Wildman–Crippen LogP) is 4.79. The Morgan fingerprint density at radius 2 is 1.38 bits per heavy atom. The van der Waals surface area contributed by atoms with Crippen molar-refractivity contribution in [3.8, 4) is 11.5 Å². The topological polar surface area (TPSA) is 56.1 Å². The molecule has 0 atom stereocenters. The largest absolute Gasteiger partial charge is 0.504 e. The first-order valence-electron chi connectivity index (χ1n) is 8.20. The summed E-state index contributed by atoms with van der Waals surface area (Å²) in [6.45, 7) is 1.29. The lowest BCUT2D eigenvalue weighted by Gasteiger charge is -2.19. The highest BCUT2D eigenvalue weighted by molar-refractivity contribution is 6.32. The van der Waals surface area contributed by atoms with Crippen molar-refractivity contribution in [3.63, 3.8) is 0 Å². The van der Waals surface area contributed by atoms with Crippen molar-refractivity contribution in [1.82, 2.24) is 5.01 Å². The van der Waals surface area contributed by atoms with Gasteiger partial charge < -0.3 is 10.2 Å². The van der Waals surface area contributed by atoms with Gasteiger partial charge in [-0.1, -0.05) is 72.3 Å². The zero-order chi connectivity index (χ0) is 18.4. The molecule has 0 fully saturated rings. The molecular formula is C21H19ClN2O2. The maximum Gasteiger partial charge on any atom is 0.176 e. The molecule has 0 spiro atoms. The van der Waals surface area contributed by atoms with E-state index in [1.54, 1.807) is 12.3 Å². The van der Waals surface area contributed by atoms with E-state index in [-0.39, 0.29) is 16.5 Å². The summed E-state index contributed by atoms with van der Waals surface area (Å²) in [6, 6.07) is 23.1. The lowest BCUT2D eigenvalue weighted by atomic mass is 10.2. The predicted molar refractivity (Wildman–Crippen MR) is 105 cm³/mol. The Labute approximate surface area is 157 Å². The molecule has 0 saturated heterocycles. The van der Waals surface area contributed by atoms with Gasteiger partial charge in [0, 0.05) is 0 Å². The first-order valence-corrected chi connectivity index (χ1v) is 8.58. The molecule has 4 nitrogen and oxygen atoms in total. The SMILES string of the molecule is Oc1cc(/C=N/N(Cc2ccccc2)Cc2ccccc2)cc(Cl)c1O. The van der Waals surface area contributed by atoms with Crippen molar-refractivity contribution in [1.29, 1.82) is 0 Å². The molecule has 3 aromatic rings. The second-order valence-corrected chi connectivity index (χ2v) is 6.32. The minimum absolute atomic E-state index is 0.0871. The van der Waals surface area contributed by atoms with Crippen LogP contribution in [-0.4, -0.2) is 21.4 Å². The third-order valence-electron chi connectivity index (χ3n) is 3.85. The molecule has 0 saturated carbocycles. The summed E-state index contributed by atoms with van der Waals surface area (Å²) in [5.41, 5.74) is 2.90. The third-order valence-corrected chi connectivity index (χ3v) is 4.14. The highest BCUT2D eigenvalue weighted by Gasteiger charge is 2.07. The number of halogens is 1. The molecule has 2 N–H and O–H groups in total. The van der Waals surface area contributed by atoms with E-state index in [1.807, 2.05) is 41.4 Å². The van der Waals surface area contributed by atoms with Crippen LogP contribution in [0.4, 0.5) is 0 Å². The van der Waals surface area contributed by atoms with Gasteiger partial charge in [0.2, 0.25) is 0 Å². The van der Waals surface area contributed by atoms with Crippen molar-refractivity contribution in [3.05, 3.63) is 94.5 Å². The molecular weight excluding hydrogens is 348 g/mol. The summed E-state index contributed by atoms with van der Waals surface area (Å²) in [7, 11) is 0. The highest BCUT2D eigenvalue weighted by Crippen LogP contribution is 2.33. The van der Waals surface area contributed by atoms with Crippen LogP contribution < -0.4 is 0 Å². The molecule has 3 aromatic carbocycles. The second-order valence-electron chi connectivity index (χ2n) is 5.91. The molecule has 3 rings (SSSR count). The lowest BCUT2D eigenvalue weighted by molar-refractivity contribution is 0.272. The minimum atomic E-state index is -0.325. The van der Waals surface area contributed by atoms with E-state index < -0.39 is 0 Å². The summed E-state index contributed by atoms with van der Waals surface area (Å²) < 4.78 is 0. The van der Waals surface area contributed by atoms with Gasteiger partial charge >= 0.3 is 0 Å². The van der Waals surface area contributed by atoms with E-state index in [0.29, 0.717) is 18.7 Å². The van der Waals surface area contributed by atoms with E-state index in [1.165, 1.54) is 6.07 Å². The summed E-state index contributed by atoms with van der Waals surface area (Å²) in [5, 5.41) is 25.8. The fourth-order valence-electron chi connectivity index (χ4n) is 2.55. The van der Waals surface area contributed by atoms with Crippen LogP contribution in [-0.2, 0) is 13.1 Å². The maximum absolute atomic E-state index is 9.71. The van der Waals surface area contributed by atoms with Crippen LogP contribution >= 0.6 is 11.6 Å². The Bertz CT molecular complexity index is 819. The smallest absolute Gasteiger partial charge is 0.176 e. The molecule has 0 heterocycles. The third kappa shape index (κ3) is 4.77. The van der Waals surface area contributed by atoms with Crippen LogP contribution in [0.1, 0.15) is 16.7 Å². The van der Waals surface area contributed by atoms with Crippen LogP contribution in [0.2, 0.25) is 5.02 Å². The van der Waals surface area contributed by atoms with Gasteiger partial charge in [-0.15, -0.1) is 0 Å². The fourth-order valence-corrected chi connectivity index (χ4v) is 2.78. The number of phenolic OH excluding ortho intramolecular Hbond substituents is 2. The first-order chi connectivity index (χ1) is 12.6. The summed E-state index contributed by atoms with van der Waals surface area (Å²) in [4.78, 5) is 0. The average molecular weight is 367 g/mol. The normalized spacial score (nSPS) is 11.0. The van der Waals surface area contributed by atoms with E-state index in [0.717, 1.165) is 11.1 Å². The average Bonchev–Trinajstić information content (AvgIpc) is 2.66. The molecule has 0 unspecified atom stereocenters. The summed E-state index contributed by atoms with van der Waals surface area (Å²) in [5.74, 6) is -0.592. The molecule has 0 amide bonds. The fraction of sp³-hybridized carbons (Fsp3) is 0.0952. The van der Waals surface area contributed by atoms with E-state index in [9.17, 15) is 10.2 Å². The number of nitrogens with zero attached hydrogens (tertiary/aromatic N) is 2. The Morgan fingerprint density at radius 3 is 1.88 bits per heavy atom. The molecule has 5 heteroatoms. The summed E-state index contributed by atoms with van der Waals surface area (Å²) >= 11 is 5.91. The van der Waals surface area contributed by atoms with Gasteiger partial charge in [0.25, 0.3) is 0 Å². The number of phenols is 2. The Kier molecular flexibility index (Phi) is 5.77. The molecule has 0 radical (unpaired) electrons. The number of benzene rings is 3. The molecule has 26 heavy (non-hydrogen) atoms. The molecule has 132 valence electrons. The van der Waals surface area contributed by atoms with Crippen molar-refractivity contribution in [2.45, 2.75) is 13.1 Å². The maximum atomic E-state index is 9.71. The molecule has 0 bridgehead atoms. The van der Waals surface area contributed by atoms with Gasteiger partial charge in [0.15, 0.2) is 11.5 Å². The lowest BCUT2D eigenvalue weighted by Crippen LogP contribution is -2.17. The Morgan fingerprint density at radius 1 is 0.846 bits per heavy atom. The van der Waals surface area contributed by atoms with Crippen LogP contribution in [0.15, 0.2) is 77.9 Å². The van der Waals surface area contributed by atoms with Crippen LogP contribution in [0.3, 0.4) is 0 Å². The van der Waals surface area contributed by atoms with Gasteiger partial charge in [-0.05, 0) is 28.8 Å². The van der Waals surface area contributed by atoms with Gasteiger partial charge in [0.1, 0.15) is 0 Å². The molecule has 0 aromatic heterocycles. The number of hydrazone groups is 1. The number of rotatable bonds is 6. The van der Waals surface area contributed by atoms with Crippen LogP contribution in [0.5, 0.6) is 11.5 Å². The first kappa shape index (κ1) is 17.8. The molecule has 0 aliphatic carbocycles. The Balaban J connectivity index is 1.82. The molecule has 0 aliphatic heterocycles. The zero-order valence-corrected chi connectivity index (χ0v) is 14.8. The second kappa shape index (κ2) is 8.41. The number of hydrogen-bond acceptors (Lipinski definition) is 4. The van der Waals surface area contributed by atoms with Crippen LogP contribution in [0, 0.1) is 0 Å². The van der Waals surface area contributed by atoms with E-state index in [2.05, 4.69) is 29.4 Å². The van der Waals surface area contributed by atoms with Crippen molar-refractivity contribution in [2.24, 2.45) is 5.10 Å². The van der Waals surface area contributed by atoms with E-state index in [4.69, 9.17) is 11.6 Å². The van der Waals surface area contributed by atoms with Crippen molar-refractivity contribution in [2.75, 3.05) is 0 Å². The Hall–Kier alpha value is -2.98. The van der Waals surface area contributed by atoms with Gasteiger partial charge in [-0.2, -0.15) is 5.10 Å². The van der Waals surface area contributed by atoms with E-state index >= 15 is 0 Å². The van der Waals surface area contributed by atoms with Gasteiger partial charge in [-0.25, -0.2) is 0 Å². The quantitative estimate of drug-likeness (QED) is 0.374. The highest BCUT2D eigenvalue weighted by atomic mass is 35.5. The zero-order valence-electron chi connectivity index (χ0n) is 14.1. The number of aromatic hydroxyl groups is 2.